The number of carbonyl (C=O) groups is 3. The van der Waals surface area contributed by atoms with Crippen LogP contribution < -0.4 is 10.2 Å². The number of rotatable bonds is 3. The largest absolute Gasteiger partial charge is 0.451 e. The Balaban J connectivity index is 1.61. The summed E-state index contributed by atoms with van der Waals surface area (Å²) in [4.78, 5) is 38.6. The Bertz CT molecular complexity index is 719. The number of esters is 1. The minimum Gasteiger partial charge on any atom is -0.451 e. The van der Waals surface area contributed by atoms with Crippen LogP contribution in [0.25, 0.3) is 0 Å². The molecule has 0 aromatic heterocycles. The first-order valence-corrected chi connectivity index (χ1v) is 9.33. The van der Waals surface area contributed by atoms with E-state index in [1.807, 2.05) is 38.1 Å². The van der Waals surface area contributed by atoms with E-state index in [0.717, 1.165) is 17.7 Å². The Morgan fingerprint density at radius 1 is 1.36 bits per heavy atom. The van der Waals surface area contributed by atoms with Gasteiger partial charge in [-0.25, -0.2) is 4.79 Å². The highest BCUT2D eigenvalue weighted by Gasteiger charge is 2.39. The first-order valence-electron chi connectivity index (χ1n) is 8.34. The molecule has 0 unspecified atom stereocenters. The summed E-state index contributed by atoms with van der Waals surface area (Å²) < 4.78 is 4.78. The summed E-state index contributed by atoms with van der Waals surface area (Å²) >= 11 is 1.41. The standard InChI is InChI=1S/C18H22N2O4S/c1-11(15(21)20-9-8-12-6-4-5-7-14(12)20)24-16(22)13-10-25-18(2,3)17(23)19-13/h4-7,11,13H,8-10H2,1-3H3,(H,19,23)/t11-,13+/m0/s1. The van der Waals surface area contributed by atoms with E-state index in [0.29, 0.717) is 12.3 Å². The summed E-state index contributed by atoms with van der Waals surface area (Å²) in [6.07, 6.45) is -0.0945. The maximum absolute atomic E-state index is 12.6. The highest BCUT2D eigenvalue weighted by Crippen LogP contribution is 2.30. The van der Waals surface area contributed by atoms with Crippen LogP contribution in [0.15, 0.2) is 24.3 Å². The molecule has 1 fully saturated rings. The molecule has 134 valence electrons. The van der Waals surface area contributed by atoms with E-state index in [1.54, 1.807) is 11.8 Å². The fourth-order valence-corrected chi connectivity index (χ4v) is 3.94. The van der Waals surface area contributed by atoms with Crippen molar-refractivity contribution in [2.24, 2.45) is 0 Å². The van der Waals surface area contributed by atoms with E-state index >= 15 is 0 Å². The molecule has 1 aromatic rings. The van der Waals surface area contributed by atoms with Crippen molar-refractivity contribution in [1.29, 1.82) is 0 Å². The van der Waals surface area contributed by atoms with Gasteiger partial charge in [0.25, 0.3) is 5.91 Å². The van der Waals surface area contributed by atoms with Gasteiger partial charge < -0.3 is 15.0 Å². The van der Waals surface area contributed by atoms with E-state index in [4.69, 9.17) is 4.74 Å². The molecule has 25 heavy (non-hydrogen) atoms. The summed E-state index contributed by atoms with van der Waals surface area (Å²) in [7, 11) is 0. The third-order valence-electron chi connectivity index (χ3n) is 4.54. The van der Waals surface area contributed by atoms with E-state index in [2.05, 4.69) is 5.32 Å². The number of benzene rings is 1. The molecule has 7 heteroatoms. The molecular formula is C18H22N2O4S. The molecule has 0 bridgehead atoms. The van der Waals surface area contributed by atoms with Crippen LogP contribution in [0.4, 0.5) is 5.69 Å². The number of hydrogen-bond donors (Lipinski definition) is 1. The number of fused-ring (bicyclic) bond motifs is 1. The molecule has 2 atom stereocenters. The van der Waals surface area contributed by atoms with Gasteiger partial charge in [0.05, 0.1) is 4.75 Å². The minimum atomic E-state index is -0.893. The van der Waals surface area contributed by atoms with Gasteiger partial charge in [0.1, 0.15) is 6.04 Å². The van der Waals surface area contributed by atoms with Crippen molar-refractivity contribution >= 4 is 35.2 Å². The topological polar surface area (TPSA) is 75.7 Å². The van der Waals surface area contributed by atoms with Crippen LogP contribution >= 0.6 is 11.8 Å². The third-order valence-corrected chi connectivity index (χ3v) is 5.95. The molecule has 3 rings (SSSR count). The van der Waals surface area contributed by atoms with Gasteiger partial charge in [0.15, 0.2) is 6.10 Å². The average Bonchev–Trinajstić information content (AvgIpc) is 3.00. The highest BCUT2D eigenvalue weighted by atomic mass is 32.2. The lowest BCUT2D eigenvalue weighted by Gasteiger charge is -2.33. The lowest BCUT2D eigenvalue weighted by molar-refractivity contribution is -0.156. The Morgan fingerprint density at radius 2 is 2.08 bits per heavy atom. The monoisotopic (exact) mass is 362 g/mol. The maximum atomic E-state index is 12.6. The number of carbonyl (C=O) groups excluding carboxylic acids is 3. The number of nitrogens with zero attached hydrogens (tertiary/aromatic N) is 1. The molecule has 1 saturated heterocycles. The first kappa shape index (κ1) is 17.8. The highest BCUT2D eigenvalue weighted by molar-refractivity contribution is 8.01. The fourth-order valence-electron chi connectivity index (χ4n) is 2.95. The van der Waals surface area contributed by atoms with Gasteiger partial charge >= 0.3 is 5.97 Å². The molecule has 0 saturated carbocycles. The molecule has 2 aliphatic heterocycles. The molecule has 0 aliphatic carbocycles. The molecule has 1 aromatic carbocycles. The second-order valence-corrected chi connectivity index (χ2v) is 8.44. The Morgan fingerprint density at radius 3 is 2.80 bits per heavy atom. The van der Waals surface area contributed by atoms with E-state index < -0.39 is 22.9 Å². The lowest BCUT2D eigenvalue weighted by Crippen LogP contribution is -2.55. The average molecular weight is 362 g/mol. The zero-order valence-electron chi connectivity index (χ0n) is 14.6. The molecule has 6 nitrogen and oxygen atoms in total. The molecule has 1 N–H and O–H groups in total. The van der Waals surface area contributed by atoms with Crippen LogP contribution in [-0.4, -0.2) is 47.0 Å². The maximum Gasteiger partial charge on any atom is 0.330 e. The number of amides is 2. The number of anilines is 1. The fraction of sp³-hybridized carbons (Fsp3) is 0.500. The van der Waals surface area contributed by atoms with Gasteiger partial charge in [-0.3, -0.25) is 9.59 Å². The zero-order valence-corrected chi connectivity index (χ0v) is 15.4. The molecule has 2 amide bonds. The Hall–Kier alpha value is -2.02. The van der Waals surface area contributed by atoms with Gasteiger partial charge in [-0.2, -0.15) is 0 Å². The Kier molecular flexibility index (Phi) is 4.77. The van der Waals surface area contributed by atoms with Gasteiger partial charge in [0, 0.05) is 18.0 Å². The van der Waals surface area contributed by atoms with Crippen molar-refractivity contribution < 1.29 is 19.1 Å². The van der Waals surface area contributed by atoms with E-state index in [-0.39, 0.29) is 11.8 Å². The Labute approximate surface area is 151 Å². The van der Waals surface area contributed by atoms with Crippen molar-refractivity contribution in [1.82, 2.24) is 5.32 Å². The molecule has 0 radical (unpaired) electrons. The quantitative estimate of drug-likeness (QED) is 0.825. The summed E-state index contributed by atoms with van der Waals surface area (Å²) in [5, 5.41) is 2.68. The van der Waals surface area contributed by atoms with Crippen molar-refractivity contribution in [3.8, 4) is 0 Å². The number of hydrogen-bond acceptors (Lipinski definition) is 5. The minimum absolute atomic E-state index is 0.196. The zero-order chi connectivity index (χ0) is 18.2. The smallest absolute Gasteiger partial charge is 0.330 e. The van der Waals surface area contributed by atoms with Crippen molar-refractivity contribution in [2.45, 2.75) is 44.1 Å². The second kappa shape index (κ2) is 6.71. The van der Waals surface area contributed by atoms with Gasteiger partial charge in [-0.05, 0) is 38.8 Å². The van der Waals surface area contributed by atoms with Crippen LogP contribution in [-0.2, 0) is 25.5 Å². The van der Waals surface area contributed by atoms with Crippen LogP contribution in [0.3, 0.4) is 0 Å². The van der Waals surface area contributed by atoms with Crippen LogP contribution in [0, 0.1) is 0 Å². The SMILES string of the molecule is C[C@H](OC(=O)[C@H]1CSC(C)(C)C(=O)N1)C(=O)N1CCc2ccccc21. The number of thioether (sulfide) groups is 1. The third kappa shape index (κ3) is 3.51. The predicted octanol–water partition coefficient (Wildman–Crippen LogP) is 1.52. The first-order chi connectivity index (χ1) is 11.8. The molecular weight excluding hydrogens is 340 g/mol. The molecule has 2 aliphatic rings. The summed E-state index contributed by atoms with van der Waals surface area (Å²) in [6.45, 7) is 5.78. The number of para-hydroxylation sites is 1. The molecule has 0 spiro atoms. The number of ether oxygens (including phenoxy) is 1. The van der Waals surface area contributed by atoms with Crippen molar-refractivity contribution in [3.63, 3.8) is 0 Å². The van der Waals surface area contributed by atoms with Crippen LogP contribution in [0.1, 0.15) is 26.3 Å². The second-order valence-electron chi connectivity index (χ2n) is 6.80. The normalized spacial score (nSPS) is 22.8. The molecule has 2 heterocycles. The van der Waals surface area contributed by atoms with E-state index in [1.165, 1.54) is 11.8 Å². The van der Waals surface area contributed by atoms with Crippen LogP contribution in [0.2, 0.25) is 0 Å². The predicted molar refractivity (Wildman–Crippen MR) is 96.5 cm³/mol. The van der Waals surface area contributed by atoms with Gasteiger partial charge in [0.2, 0.25) is 5.91 Å². The van der Waals surface area contributed by atoms with Crippen LogP contribution in [0.5, 0.6) is 0 Å². The van der Waals surface area contributed by atoms with Gasteiger partial charge in [-0.15, -0.1) is 11.8 Å². The van der Waals surface area contributed by atoms with Crippen molar-refractivity contribution in [2.75, 3.05) is 17.2 Å². The summed E-state index contributed by atoms with van der Waals surface area (Å²) in [5.41, 5.74) is 1.99. The van der Waals surface area contributed by atoms with E-state index in [9.17, 15) is 14.4 Å². The van der Waals surface area contributed by atoms with Gasteiger partial charge in [-0.1, -0.05) is 18.2 Å². The number of nitrogens with one attached hydrogen (secondary N) is 1. The summed E-state index contributed by atoms with van der Waals surface area (Å²) in [6, 6.07) is 7.01. The van der Waals surface area contributed by atoms with Crippen molar-refractivity contribution in [3.05, 3.63) is 29.8 Å². The lowest BCUT2D eigenvalue weighted by atomic mass is 10.1. The summed E-state index contributed by atoms with van der Waals surface area (Å²) in [5.74, 6) is -0.568.